The van der Waals surface area contributed by atoms with Crippen LogP contribution in [0.1, 0.15) is 47.9 Å². The van der Waals surface area contributed by atoms with Crippen LogP contribution in [0.25, 0.3) is 0 Å². The minimum absolute atomic E-state index is 0.320. The van der Waals surface area contributed by atoms with Crippen molar-refractivity contribution in [3.8, 4) is 0 Å². The second-order valence-corrected chi connectivity index (χ2v) is 6.51. The molecule has 1 aliphatic rings. The fourth-order valence-electron chi connectivity index (χ4n) is 3.19. The fourth-order valence-corrected chi connectivity index (χ4v) is 3.19. The predicted molar refractivity (Wildman–Crippen MR) is 85.5 cm³/mol. The number of aliphatic carboxylic acids is 1. The van der Waals surface area contributed by atoms with E-state index >= 15 is 0 Å². The molecule has 0 spiro atoms. The van der Waals surface area contributed by atoms with E-state index < -0.39 is 5.97 Å². The van der Waals surface area contributed by atoms with Crippen LogP contribution < -0.4 is 0 Å². The molecule has 21 heavy (non-hydrogen) atoms. The molecule has 1 heterocycles. The molecule has 3 nitrogen and oxygen atoms in total. The molecule has 0 saturated carbocycles. The highest BCUT2D eigenvalue weighted by atomic mass is 16.4. The molecule has 0 bridgehead atoms. The standard InChI is InChI=1S/C18H27NO2/c1-13-10-15(3)17(11-14(13)2)12-19-8-6-16(7-9-19)4-5-18(20)21/h10-11,16H,4-9,12H2,1-3H3,(H,20,21). The molecule has 0 atom stereocenters. The second-order valence-electron chi connectivity index (χ2n) is 6.51. The molecular weight excluding hydrogens is 262 g/mol. The van der Waals surface area contributed by atoms with Crippen molar-refractivity contribution in [3.05, 3.63) is 34.4 Å². The number of aryl methyl sites for hydroxylation is 3. The minimum atomic E-state index is -0.664. The summed E-state index contributed by atoms with van der Waals surface area (Å²) in [6, 6.07) is 4.60. The summed E-state index contributed by atoms with van der Waals surface area (Å²) in [4.78, 5) is 13.1. The third-order valence-corrected chi connectivity index (χ3v) is 4.82. The Kier molecular flexibility index (Phi) is 5.40. The first-order valence-corrected chi connectivity index (χ1v) is 7.96. The van der Waals surface area contributed by atoms with Crippen LogP contribution in [-0.2, 0) is 11.3 Å². The first kappa shape index (κ1) is 16.0. The number of carboxylic acids is 1. The molecule has 0 amide bonds. The molecule has 116 valence electrons. The fraction of sp³-hybridized carbons (Fsp3) is 0.611. The summed E-state index contributed by atoms with van der Waals surface area (Å²) in [6.45, 7) is 9.75. The van der Waals surface area contributed by atoms with Crippen LogP contribution in [0.5, 0.6) is 0 Å². The Morgan fingerprint density at radius 1 is 1.14 bits per heavy atom. The van der Waals surface area contributed by atoms with Gasteiger partial charge in [0, 0.05) is 13.0 Å². The average molecular weight is 289 g/mol. The van der Waals surface area contributed by atoms with Crippen molar-refractivity contribution in [2.45, 2.75) is 53.0 Å². The van der Waals surface area contributed by atoms with Crippen molar-refractivity contribution >= 4 is 5.97 Å². The first-order valence-electron chi connectivity index (χ1n) is 7.96. The lowest BCUT2D eigenvalue weighted by Crippen LogP contribution is -2.33. The number of nitrogens with zero attached hydrogens (tertiary/aromatic N) is 1. The minimum Gasteiger partial charge on any atom is -0.481 e. The zero-order valence-corrected chi connectivity index (χ0v) is 13.5. The predicted octanol–water partition coefficient (Wildman–Crippen LogP) is 3.69. The van der Waals surface area contributed by atoms with E-state index in [0.717, 1.165) is 38.9 Å². The molecule has 1 fully saturated rings. The highest BCUT2D eigenvalue weighted by Crippen LogP contribution is 2.24. The summed E-state index contributed by atoms with van der Waals surface area (Å²) in [5.41, 5.74) is 5.55. The number of likely N-dealkylation sites (tertiary alicyclic amines) is 1. The van der Waals surface area contributed by atoms with Crippen LogP contribution in [0.2, 0.25) is 0 Å². The van der Waals surface area contributed by atoms with Gasteiger partial charge >= 0.3 is 5.97 Å². The van der Waals surface area contributed by atoms with Crippen molar-refractivity contribution in [1.29, 1.82) is 0 Å². The van der Waals surface area contributed by atoms with Gasteiger partial charge in [-0.3, -0.25) is 9.69 Å². The largest absolute Gasteiger partial charge is 0.481 e. The summed E-state index contributed by atoms with van der Waals surface area (Å²) in [7, 11) is 0. The Bertz CT molecular complexity index is 502. The van der Waals surface area contributed by atoms with E-state index in [0.29, 0.717) is 12.3 Å². The van der Waals surface area contributed by atoms with Crippen LogP contribution in [0, 0.1) is 26.7 Å². The summed E-state index contributed by atoms with van der Waals surface area (Å²) >= 11 is 0. The number of benzene rings is 1. The average Bonchev–Trinajstić information content (AvgIpc) is 2.44. The van der Waals surface area contributed by atoms with Gasteiger partial charge in [0.15, 0.2) is 0 Å². The van der Waals surface area contributed by atoms with E-state index in [-0.39, 0.29) is 0 Å². The molecular formula is C18H27NO2. The number of rotatable bonds is 5. The Morgan fingerprint density at radius 3 is 2.38 bits per heavy atom. The molecule has 0 aromatic heterocycles. The Hall–Kier alpha value is -1.35. The van der Waals surface area contributed by atoms with Crippen LogP contribution in [-0.4, -0.2) is 29.1 Å². The summed E-state index contributed by atoms with van der Waals surface area (Å²) in [5.74, 6) is -0.0682. The third-order valence-electron chi connectivity index (χ3n) is 4.82. The number of piperidine rings is 1. The van der Waals surface area contributed by atoms with E-state index in [4.69, 9.17) is 5.11 Å². The van der Waals surface area contributed by atoms with E-state index in [2.05, 4.69) is 37.8 Å². The molecule has 1 saturated heterocycles. The maximum Gasteiger partial charge on any atom is 0.303 e. The van der Waals surface area contributed by atoms with Gasteiger partial charge in [-0.1, -0.05) is 12.1 Å². The number of hydrogen-bond acceptors (Lipinski definition) is 2. The van der Waals surface area contributed by atoms with Crippen molar-refractivity contribution in [3.63, 3.8) is 0 Å². The van der Waals surface area contributed by atoms with E-state index in [9.17, 15) is 4.79 Å². The maximum absolute atomic E-state index is 10.6. The zero-order valence-electron chi connectivity index (χ0n) is 13.5. The molecule has 0 aliphatic carbocycles. The lowest BCUT2D eigenvalue weighted by molar-refractivity contribution is -0.137. The maximum atomic E-state index is 10.6. The first-order chi connectivity index (χ1) is 9.95. The monoisotopic (exact) mass is 289 g/mol. The molecule has 3 heteroatoms. The van der Waals surface area contributed by atoms with Crippen molar-refractivity contribution < 1.29 is 9.90 Å². The molecule has 0 radical (unpaired) electrons. The number of carbonyl (C=O) groups is 1. The highest BCUT2D eigenvalue weighted by molar-refractivity contribution is 5.66. The molecule has 1 N–H and O–H groups in total. The van der Waals surface area contributed by atoms with Crippen molar-refractivity contribution in [1.82, 2.24) is 4.90 Å². The van der Waals surface area contributed by atoms with Crippen molar-refractivity contribution in [2.75, 3.05) is 13.1 Å². The van der Waals surface area contributed by atoms with Gasteiger partial charge in [-0.25, -0.2) is 0 Å². The van der Waals surface area contributed by atoms with E-state index in [1.54, 1.807) is 0 Å². The Labute approximate surface area is 128 Å². The second kappa shape index (κ2) is 7.08. The summed E-state index contributed by atoms with van der Waals surface area (Å²) in [5, 5.41) is 8.76. The Morgan fingerprint density at radius 2 is 1.76 bits per heavy atom. The third kappa shape index (κ3) is 4.57. The normalized spacial score (nSPS) is 17.1. The van der Waals surface area contributed by atoms with Gasteiger partial charge in [0.1, 0.15) is 0 Å². The molecule has 2 rings (SSSR count). The number of hydrogen-bond donors (Lipinski definition) is 1. The summed E-state index contributed by atoms with van der Waals surface area (Å²) < 4.78 is 0. The van der Waals surface area contributed by atoms with Gasteiger partial charge in [-0.2, -0.15) is 0 Å². The van der Waals surface area contributed by atoms with Crippen LogP contribution >= 0.6 is 0 Å². The van der Waals surface area contributed by atoms with Crippen LogP contribution in [0.4, 0.5) is 0 Å². The van der Waals surface area contributed by atoms with Crippen molar-refractivity contribution in [2.24, 2.45) is 5.92 Å². The smallest absolute Gasteiger partial charge is 0.303 e. The Balaban J connectivity index is 1.86. The topological polar surface area (TPSA) is 40.5 Å². The lowest BCUT2D eigenvalue weighted by atomic mass is 9.91. The van der Waals surface area contributed by atoms with E-state index in [1.165, 1.54) is 22.3 Å². The van der Waals surface area contributed by atoms with Gasteiger partial charge in [0.25, 0.3) is 0 Å². The molecule has 1 aliphatic heterocycles. The van der Waals surface area contributed by atoms with Gasteiger partial charge < -0.3 is 5.11 Å². The quantitative estimate of drug-likeness (QED) is 0.898. The van der Waals surface area contributed by atoms with Gasteiger partial charge in [0.05, 0.1) is 0 Å². The zero-order chi connectivity index (χ0) is 15.4. The number of carboxylic acid groups (broad SMARTS) is 1. The van der Waals surface area contributed by atoms with E-state index in [1.807, 2.05) is 0 Å². The van der Waals surface area contributed by atoms with Crippen LogP contribution in [0.3, 0.4) is 0 Å². The molecule has 1 aromatic rings. The highest BCUT2D eigenvalue weighted by Gasteiger charge is 2.20. The molecule has 1 aromatic carbocycles. The molecule has 0 unspecified atom stereocenters. The van der Waals surface area contributed by atoms with Gasteiger partial charge in [-0.15, -0.1) is 0 Å². The van der Waals surface area contributed by atoms with Gasteiger partial charge in [-0.05, 0) is 81.3 Å². The van der Waals surface area contributed by atoms with Gasteiger partial charge in [0.2, 0.25) is 0 Å². The summed E-state index contributed by atoms with van der Waals surface area (Å²) in [6.07, 6.45) is 3.43. The lowest BCUT2D eigenvalue weighted by Gasteiger charge is -2.32. The SMILES string of the molecule is Cc1cc(C)c(CN2CCC(CCC(=O)O)CC2)cc1C. The van der Waals surface area contributed by atoms with Crippen LogP contribution in [0.15, 0.2) is 12.1 Å².